The van der Waals surface area contributed by atoms with Crippen molar-refractivity contribution in [3.8, 4) is 0 Å². The monoisotopic (exact) mass is 396 g/mol. The first-order valence-corrected chi connectivity index (χ1v) is 10.2. The van der Waals surface area contributed by atoms with Gasteiger partial charge in [-0.05, 0) is 36.8 Å². The molecule has 4 rings (SSSR count). The largest absolute Gasteiger partial charge is 0.348 e. The molecular weight excluding hydrogens is 370 g/mol. The van der Waals surface area contributed by atoms with Crippen LogP contribution >= 0.6 is 0 Å². The Labute approximate surface area is 170 Å². The molecule has 0 radical (unpaired) electrons. The van der Waals surface area contributed by atoms with Gasteiger partial charge < -0.3 is 0 Å². The van der Waals surface area contributed by atoms with Crippen LogP contribution < -0.4 is 0 Å². The molecule has 0 unspecified atom stereocenters. The van der Waals surface area contributed by atoms with E-state index >= 15 is 0 Å². The lowest BCUT2D eigenvalue weighted by Crippen LogP contribution is -2.37. The average molecular weight is 396 g/mol. The molecule has 0 spiro atoms. The van der Waals surface area contributed by atoms with Gasteiger partial charge >= 0.3 is 6.55 Å². The predicted octanol–water partition coefficient (Wildman–Crippen LogP) is 5.40. The number of hydrogen-bond acceptors (Lipinski definition) is 3. The van der Waals surface area contributed by atoms with Gasteiger partial charge in [-0.1, -0.05) is 60.7 Å². The maximum absolute atomic E-state index is 12.8. The maximum Gasteiger partial charge on any atom is 0.348 e. The van der Waals surface area contributed by atoms with Crippen molar-refractivity contribution >= 4 is 0 Å². The predicted molar refractivity (Wildman–Crippen MR) is 108 cm³/mol. The van der Waals surface area contributed by atoms with Crippen LogP contribution in [0.4, 0.5) is 8.78 Å². The van der Waals surface area contributed by atoms with Gasteiger partial charge in [-0.15, -0.1) is 4.80 Å². The summed E-state index contributed by atoms with van der Waals surface area (Å²) in [5.41, 5.74) is 3.32. The van der Waals surface area contributed by atoms with Crippen molar-refractivity contribution in [2.24, 2.45) is 0 Å². The number of halogens is 2. The fourth-order valence-electron chi connectivity index (χ4n) is 4.26. The Hall–Kier alpha value is -2.60. The third-order valence-electron chi connectivity index (χ3n) is 5.79. The van der Waals surface area contributed by atoms with E-state index in [9.17, 15) is 8.78 Å². The summed E-state index contributed by atoms with van der Waals surface area (Å²) in [5, 5.41) is 7.68. The van der Waals surface area contributed by atoms with Gasteiger partial charge in [0.2, 0.25) is 0 Å². The lowest BCUT2D eigenvalue weighted by molar-refractivity contribution is 0.0406. The molecule has 3 aromatic rings. The maximum atomic E-state index is 12.8. The van der Waals surface area contributed by atoms with Crippen molar-refractivity contribution < 1.29 is 8.78 Å². The van der Waals surface area contributed by atoms with Crippen LogP contribution in [-0.4, -0.2) is 25.9 Å². The Kier molecular flexibility index (Phi) is 6.30. The molecule has 1 heterocycles. The highest BCUT2D eigenvalue weighted by atomic mass is 19.3. The third-order valence-corrected chi connectivity index (χ3v) is 5.79. The first-order valence-electron chi connectivity index (χ1n) is 10.2. The van der Waals surface area contributed by atoms with Crippen molar-refractivity contribution in [1.29, 1.82) is 0 Å². The lowest BCUT2D eigenvalue weighted by Gasteiger charge is -2.36. The van der Waals surface area contributed by atoms with Crippen LogP contribution in [0.1, 0.15) is 55.0 Å². The zero-order valence-electron chi connectivity index (χ0n) is 16.4. The van der Waals surface area contributed by atoms with E-state index in [1.165, 1.54) is 17.3 Å². The number of rotatable bonds is 7. The number of hydrogen-bond donors (Lipinski definition) is 0. The van der Waals surface area contributed by atoms with Crippen LogP contribution in [0, 0.1) is 0 Å². The summed E-state index contributed by atoms with van der Waals surface area (Å²) in [6, 6.07) is 21.6. The molecule has 1 fully saturated rings. The quantitative estimate of drug-likeness (QED) is 0.536. The Morgan fingerprint density at radius 3 is 1.90 bits per heavy atom. The molecule has 0 N–H and O–H groups in total. The van der Waals surface area contributed by atoms with E-state index < -0.39 is 6.55 Å². The molecule has 6 heteroatoms. The molecule has 4 nitrogen and oxygen atoms in total. The summed E-state index contributed by atoms with van der Waals surface area (Å²) in [6.45, 7) is -0.855. The van der Waals surface area contributed by atoms with Crippen molar-refractivity contribution in [1.82, 2.24) is 19.9 Å². The van der Waals surface area contributed by atoms with Gasteiger partial charge in [0.05, 0.1) is 11.9 Å². The van der Waals surface area contributed by atoms with Crippen molar-refractivity contribution in [3.05, 3.63) is 83.7 Å². The van der Waals surface area contributed by atoms with E-state index in [0.717, 1.165) is 38.8 Å². The zero-order chi connectivity index (χ0) is 20.1. The summed E-state index contributed by atoms with van der Waals surface area (Å²) in [6.07, 6.45) is 5.47. The molecule has 0 saturated heterocycles. The topological polar surface area (TPSA) is 34.0 Å². The van der Waals surface area contributed by atoms with E-state index in [1.54, 1.807) is 0 Å². The van der Waals surface area contributed by atoms with Gasteiger partial charge in [-0.2, -0.15) is 19.0 Å². The molecule has 1 aliphatic rings. The normalized spacial score (nSPS) is 19.7. The van der Waals surface area contributed by atoms with Crippen molar-refractivity contribution in [2.75, 3.05) is 0 Å². The first kappa shape index (κ1) is 19.7. The minimum Gasteiger partial charge on any atom is -0.292 e. The molecule has 0 amide bonds. The highest BCUT2D eigenvalue weighted by Gasteiger charge is 2.28. The van der Waals surface area contributed by atoms with Crippen LogP contribution in [0.2, 0.25) is 0 Å². The van der Waals surface area contributed by atoms with Crippen molar-refractivity contribution in [3.63, 3.8) is 0 Å². The number of aromatic nitrogens is 3. The summed E-state index contributed by atoms with van der Waals surface area (Å²) in [7, 11) is 0. The van der Waals surface area contributed by atoms with Gasteiger partial charge in [0, 0.05) is 25.0 Å². The standard InChI is InChI=1S/C23H26F2N4/c24-23(25)29-26-15-22(27-29)20-11-13-21(14-12-20)28(16-18-7-3-1-4-8-18)17-19-9-5-2-6-10-19/h1-10,15,20-21,23H,11-14,16-17H2. The second kappa shape index (κ2) is 9.27. The fraction of sp³-hybridized carbons (Fsp3) is 0.391. The molecular formula is C23H26F2N4. The van der Waals surface area contributed by atoms with Crippen LogP contribution in [0.15, 0.2) is 66.9 Å². The van der Waals surface area contributed by atoms with E-state index in [-0.39, 0.29) is 5.92 Å². The van der Waals surface area contributed by atoms with Crippen LogP contribution in [-0.2, 0) is 13.1 Å². The van der Waals surface area contributed by atoms with E-state index in [0.29, 0.717) is 16.5 Å². The first-order chi connectivity index (χ1) is 14.2. The Bertz CT molecular complexity index is 833. The molecule has 0 aliphatic heterocycles. The van der Waals surface area contributed by atoms with E-state index in [1.807, 2.05) is 12.1 Å². The Morgan fingerprint density at radius 2 is 1.41 bits per heavy atom. The van der Waals surface area contributed by atoms with Crippen molar-refractivity contribution in [2.45, 2.75) is 57.3 Å². The third kappa shape index (κ3) is 5.07. The molecule has 1 aliphatic carbocycles. The Morgan fingerprint density at radius 1 is 0.862 bits per heavy atom. The van der Waals surface area contributed by atoms with Crippen LogP contribution in [0.25, 0.3) is 0 Å². The highest BCUT2D eigenvalue weighted by Crippen LogP contribution is 2.35. The zero-order valence-corrected chi connectivity index (χ0v) is 16.4. The van der Waals surface area contributed by atoms with Gasteiger partial charge in [0.25, 0.3) is 0 Å². The average Bonchev–Trinajstić information content (AvgIpc) is 3.26. The molecule has 1 saturated carbocycles. The molecule has 29 heavy (non-hydrogen) atoms. The minimum absolute atomic E-state index is 0.217. The van der Waals surface area contributed by atoms with Gasteiger partial charge in [0.1, 0.15) is 0 Å². The summed E-state index contributed by atoms with van der Waals surface area (Å²) in [5.74, 6) is 0.217. The second-order valence-corrected chi connectivity index (χ2v) is 7.75. The number of alkyl halides is 2. The second-order valence-electron chi connectivity index (χ2n) is 7.75. The lowest BCUT2D eigenvalue weighted by atomic mass is 9.83. The summed E-state index contributed by atoms with van der Waals surface area (Å²) in [4.78, 5) is 3.06. The molecule has 0 atom stereocenters. The fourth-order valence-corrected chi connectivity index (χ4v) is 4.26. The van der Waals surface area contributed by atoms with Crippen LogP contribution in [0.3, 0.4) is 0 Å². The number of nitrogens with zero attached hydrogens (tertiary/aromatic N) is 4. The van der Waals surface area contributed by atoms with Gasteiger partial charge in [-0.25, -0.2) is 0 Å². The smallest absolute Gasteiger partial charge is 0.292 e. The SMILES string of the molecule is FC(F)n1ncc(C2CCC(N(Cc3ccccc3)Cc3ccccc3)CC2)n1. The molecule has 1 aromatic heterocycles. The highest BCUT2D eigenvalue weighted by molar-refractivity contribution is 5.17. The number of benzene rings is 2. The molecule has 0 bridgehead atoms. The van der Waals surface area contributed by atoms with Gasteiger partial charge in [0.15, 0.2) is 0 Å². The van der Waals surface area contributed by atoms with E-state index in [2.05, 4.69) is 63.6 Å². The molecule has 152 valence electrons. The summed E-state index contributed by atoms with van der Waals surface area (Å²) >= 11 is 0. The Balaban J connectivity index is 1.43. The van der Waals surface area contributed by atoms with Crippen LogP contribution in [0.5, 0.6) is 0 Å². The van der Waals surface area contributed by atoms with E-state index in [4.69, 9.17) is 0 Å². The minimum atomic E-state index is -2.67. The molecule has 2 aromatic carbocycles. The van der Waals surface area contributed by atoms with Gasteiger partial charge in [-0.3, -0.25) is 4.90 Å². The summed E-state index contributed by atoms with van der Waals surface area (Å²) < 4.78 is 25.5.